The van der Waals surface area contributed by atoms with Gasteiger partial charge in [0.1, 0.15) is 5.75 Å². The summed E-state index contributed by atoms with van der Waals surface area (Å²) in [6, 6.07) is 2.14. The number of ether oxygens (including phenoxy) is 2. The van der Waals surface area contributed by atoms with Gasteiger partial charge in [-0.3, -0.25) is 4.98 Å². The van der Waals surface area contributed by atoms with Gasteiger partial charge in [-0.25, -0.2) is 9.97 Å². The quantitative estimate of drug-likeness (QED) is 0.743. The van der Waals surface area contributed by atoms with Gasteiger partial charge in [0, 0.05) is 24.0 Å². The summed E-state index contributed by atoms with van der Waals surface area (Å²) in [4.78, 5) is 13.6. The molecule has 3 heterocycles. The number of nitrogens with one attached hydrogen (secondary N) is 1. The van der Waals surface area contributed by atoms with Crippen LogP contribution in [0.3, 0.4) is 0 Å². The van der Waals surface area contributed by atoms with E-state index in [1.807, 2.05) is 29.8 Å². The highest BCUT2D eigenvalue weighted by Crippen LogP contribution is 2.32. The summed E-state index contributed by atoms with van der Waals surface area (Å²) in [5.74, 6) is 1.14. The molecule has 7 nitrogen and oxygen atoms in total. The van der Waals surface area contributed by atoms with Crippen molar-refractivity contribution in [1.29, 1.82) is 0 Å². The zero-order valence-corrected chi connectivity index (χ0v) is 15.2. The Morgan fingerprint density at radius 2 is 2.00 bits per heavy atom. The number of methoxy groups -OCH3 is 2. The summed E-state index contributed by atoms with van der Waals surface area (Å²) in [5.41, 5.74) is 4.13. The SMILES string of the molecule is CCN[C@H](C)c1cc(-c2cn3cc(C)nc3c(OC)n2)c(OC)cn1. The van der Waals surface area contributed by atoms with E-state index in [1.54, 1.807) is 20.4 Å². The van der Waals surface area contributed by atoms with Crippen molar-refractivity contribution in [2.45, 2.75) is 26.8 Å². The molecule has 0 aliphatic heterocycles. The van der Waals surface area contributed by atoms with Crippen LogP contribution in [0, 0.1) is 6.92 Å². The predicted molar refractivity (Wildman–Crippen MR) is 96.2 cm³/mol. The molecule has 7 heteroatoms. The van der Waals surface area contributed by atoms with Crippen molar-refractivity contribution in [2.24, 2.45) is 0 Å². The highest BCUT2D eigenvalue weighted by Gasteiger charge is 2.16. The average Bonchev–Trinajstić information content (AvgIpc) is 3.00. The Labute approximate surface area is 147 Å². The molecule has 0 fully saturated rings. The number of hydrogen-bond acceptors (Lipinski definition) is 6. The van der Waals surface area contributed by atoms with Crippen LogP contribution in [0.1, 0.15) is 31.3 Å². The van der Waals surface area contributed by atoms with Gasteiger partial charge < -0.3 is 19.2 Å². The van der Waals surface area contributed by atoms with Crippen LogP contribution in [0.25, 0.3) is 16.9 Å². The molecule has 0 aliphatic rings. The van der Waals surface area contributed by atoms with Crippen LogP contribution >= 0.6 is 0 Å². The maximum absolute atomic E-state index is 5.50. The van der Waals surface area contributed by atoms with Gasteiger partial charge in [-0.2, -0.15) is 0 Å². The van der Waals surface area contributed by atoms with Crippen LogP contribution < -0.4 is 14.8 Å². The van der Waals surface area contributed by atoms with Crippen molar-refractivity contribution in [3.63, 3.8) is 0 Å². The maximum Gasteiger partial charge on any atom is 0.258 e. The monoisotopic (exact) mass is 341 g/mol. The van der Waals surface area contributed by atoms with Crippen molar-refractivity contribution in [3.05, 3.63) is 36.0 Å². The van der Waals surface area contributed by atoms with E-state index < -0.39 is 0 Å². The van der Waals surface area contributed by atoms with E-state index in [0.717, 1.165) is 29.2 Å². The maximum atomic E-state index is 5.50. The van der Waals surface area contributed by atoms with Gasteiger partial charge in [0.05, 0.1) is 37.5 Å². The van der Waals surface area contributed by atoms with Crippen molar-refractivity contribution in [2.75, 3.05) is 20.8 Å². The Morgan fingerprint density at radius 1 is 1.20 bits per heavy atom. The molecule has 0 amide bonds. The van der Waals surface area contributed by atoms with Crippen molar-refractivity contribution < 1.29 is 9.47 Å². The van der Waals surface area contributed by atoms with E-state index in [2.05, 4.69) is 34.1 Å². The minimum absolute atomic E-state index is 0.135. The van der Waals surface area contributed by atoms with Gasteiger partial charge in [0.25, 0.3) is 5.88 Å². The number of pyridine rings is 1. The van der Waals surface area contributed by atoms with Gasteiger partial charge in [0.2, 0.25) is 5.65 Å². The minimum Gasteiger partial charge on any atom is -0.494 e. The molecule has 3 rings (SSSR count). The Kier molecular flexibility index (Phi) is 4.85. The lowest BCUT2D eigenvalue weighted by Crippen LogP contribution is -2.18. The molecule has 0 spiro atoms. The molecule has 3 aromatic heterocycles. The minimum atomic E-state index is 0.135. The highest BCUT2D eigenvalue weighted by molar-refractivity contribution is 5.69. The first kappa shape index (κ1) is 17.2. The fourth-order valence-electron chi connectivity index (χ4n) is 2.83. The molecule has 1 atom stereocenters. The summed E-state index contributed by atoms with van der Waals surface area (Å²) >= 11 is 0. The summed E-state index contributed by atoms with van der Waals surface area (Å²) in [5, 5.41) is 3.37. The molecule has 0 bridgehead atoms. The van der Waals surface area contributed by atoms with Gasteiger partial charge in [-0.1, -0.05) is 6.92 Å². The number of nitrogens with zero attached hydrogens (tertiary/aromatic N) is 4. The third kappa shape index (κ3) is 3.28. The van der Waals surface area contributed by atoms with Gasteiger partial charge >= 0.3 is 0 Å². The van der Waals surface area contributed by atoms with Crippen LogP contribution in [0.15, 0.2) is 24.7 Å². The fourth-order valence-corrected chi connectivity index (χ4v) is 2.83. The lowest BCUT2D eigenvalue weighted by molar-refractivity contribution is 0.399. The van der Waals surface area contributed by atoms with Gasteiger partial charge in [-0.15, -0.1) is 0 Å². The zero-order valence-electron chi connectivity index (χ0n) is 15.2. The van der Waals surface area contributed by atoms with E-state index in [1.165, 1.54) is 0 Å². The molecule has 0 radical (unpaired) electrons. The van der Waals surface area contributed by atoms with E-state index >= 15 is 0 Å². The zero-order chi connectivity index (χ0) is 18.0. The number of imidazole rings is 1. The van der Waals surface area contributed by atoms with Gasteiger partial charge in [-0.05, 0) is 26.5 Å². The number of rotatable bonds is 6. The summed E-state index contributed by atoms with van der Waals surface area (Å²) in [6.45, 7) is 6.97. The molecule has 0 unspecified atom stereocenters. The van der Waals surface area contributed by atoms with E-state index in [0.29, 0.717) is 17.3 Å². The molecular weight excluding hydrogens is 318 g/mol. The second-order valence-corrected chi connectivity index (χ2v) is 5.84. The summed E-state index contributed by atoms with van der Waals surface area (Å²) < 4.78 is 12.8. The highest BCUT2D eigenvalue weighted by atomic mass is 16.5. The van der Waals surface area contributed by atoms with Gasteiger partial charge in [0.15, 0.2) is 0 Å². The standard InChI is InChI=1S/C18H23N5O2/c1-6-19-12(3)14-7-13(16(24-4)8-20-14)15-10-23-9-11(2)21-17(23)18(22-15)25-5/h7-10,12,19H,6H2,1-5H3/t12-/m1/s1. The molecule has 0 aliphatic carbocycles. The number of fused-ring (bicyclic) bond motifs is 1. The lowest BCUT2D eigenvalue weighted by atomic mass is 10.1. The van der Waals surface area contributed by atoms with Crippen molar-refractivity contribution in [3.8, 4) is 22.9 Å². The fraction of sp³-hybridized carbons (Fsp3) is 0.389. The Bertz CT molecular complexity index is 891. The first-order chi connectivity index (χ1) is 12.1. The number of aryl methyl sites for hydroxylation is 1. The Balaban J connectivity index is 2.17. The largest absolute Gasteiger partial charge is 0.494 e. The molecule has 25 heavy (non-hydrogen) atoms. The van der Waals surface area contributed by atoms with Crippen molar-refractivity contribution >= 4 is 5.65 Å². The Morgan fingerprint density at radius 3 is 2.68 bits per heavy atom. The lowest BCUT2D eigenvalue weighted by Gasteiger charge is -2.15. The molecule has 0 saturated carbocycles. The van der Waals surface area contributed by atoms with Crippen LogP contribution in [-0.4, -0.2) is 40.1 Å². The second kappa shape index (κ2) is 7.06. The smallest absolute Gasteiger partial charge is 0.258 e. The van der Waals surface area contributed by atoms with Crippen molar-refractivity contribution in [1.82, 2.24) is 24.7 Å². The first-order valence-electron chi connectivity index (χ1n) is 8.25. The van der Waals surface area contributed by atoms with E-state index in [-0.39, 0.29) is 6.04 Å². The Hall–Kier alpha value is -2.67. The second-order valence-electron chi connectivity index (χ2n) is 5.84. The summed E-state index contributed by atoms with van der Waals surface area (Å²) in [6.07, 6.45) is 5.60. The van der Waals surface area contributed by atoms with Crippen LogP contribution in [0.5, 0.6) is 11.6 Å². The molecule has 1 N–H and O–H groups in total. The van der Waals surface area contributed by atoms with Crippen LogP contribution in [0.4, 0.5) is 0 Å². The average molecular weight is 341 g/mol. The summed E-state index contributed by atoms with van der Waals surface area (Å²) in [7, 11) is 3.23. The molecule has 0 aromatic carbocycles. The topological polar surface area (TPSA) is 73.6 Å². The van der Waals surface area contributed by atoms with Crippen LogP contribution in [0.2, 0.25) is 0 Å². The molecule has 132 valence electrons. The first-order valence-corrected chi connectivity index (χ1v) is 8.25. The molecular formula is C18H23N5O2. The third-order valence-corrected chi connectivity index (χ3v) is 4.06. The van der Waals surface area contributed by atoms with E-state index in [4.69, 9.17) is 9.47 Å². The molecule has 3 aromatic rings. The van der Waals surface area contributed by atoms with E-state index in [9.17, 15) is 0 Å². The van der Waals surface area contributed by atoms with Crippen LogP contribution in [-0.2, 0) is 0 Å². The number of aromatic nitrogens is 4. The predicted octanol–water partition coefficient (Wildman–Crippen LogP) is 2.79. The third-order valence-electron chi connectivity index (χ3n) is 4.06. The normalized spacial score (nSPS) is 12.4. The molecule has 0 saturated heterocycles. The number of hydrogen-bond donors (Lipinski definition) is 1.